The molecule has 7 nitrogen and oxygen atoms in total. The molecule has 1 aliphatic rings. The highest BCUT2D eigenvalue weighted by Crippen LogP contribution is 2.10. The van der Waals surface area contributed by atoms with Crippen molar-refractivity contribution in [3.8, 4) is 0 Å². The van der Waals surface area contributed by atoms with Crippen LogP contribution in [0.25, 0.3) is 0 Å². The summed E-state index contributed by atoms with van der Waals surface area (Å²) in [5.74, 6) is 0.0140. The van der Waals surface area contributed by atoms with Gasteiger partial charge in [-0.3, -0.25) is 9.59 Å². The van der Waals surface area contributed by atoms with Crippen LogP contribution in [-0.4, -0.2) is 55.0 Å². The molecule has 1 heterocycles. The number of hydrogen-bond donors (Lipinski definition) is 3. The van der Waals surface area contributed by atoms with Crippen LogP contribution in [0.15, 0.2) is 0 Å². The van der Waals surface area contributed by atoms with Crippen LogP contribution in [-0.2, 0) is 9.59 Å². The van der Waals surface area contributed by atoms with Gasteiger partial charge in [-0.25, -0.2) is 4.79 Å². The molecule has 4 amide bonds. The SMILES string of the molecule is CC(C)NC(=O)CCNC(=O)NCCC(=O)N1CCCCCC1. The van der Waals surface area contributed by atoms with E-state index < -0.39 is 0 Å². The van der Waals surface area contributed by atoms with Gasteiger partial charge >= 0.3 is 6.03 Å². The van der Waals surface area contributed by atoms with Crippen LogP contribution in [0.3, 0.4) is 0 Å². The second kappa shape index (κ2) is 10.9. The predicted molar refractivity (Wildman–Crippen MR) is 89.0 cm³/mol. The maximum atomic E-state index is 12.0. The third kappa shape index (κ3) is 9.05. The Kier molecular flexibility index (Phi) is 9.09. The van der Waals surface area contributed by atoms with E-state index in [1.165, 1.54) is 12.8 Å². The Morgan fingerprint density at radius 3 is 2.04 bits per heavy atom. The van der Waals surface area contributed by atoms with Crippen molar-refractivity contribution in [2.24, 2.45) is 0 Å². The van der Waals surface area contributed by atoms with Gasteiger partial charge in [0.15, 0.2) is 0 Å². The summed E-state index contributed by atoms with van der Waals surface area (Å²) in [6.07, 6.45) is 5.08. The van der Waals surface area contributed by atoms with Crippen molar-refractivity contribution in [2.75, 3.05) is 26.2 Å². The second-order valence-electron chi connectivity index (χ2n) is 6.20. The molecule has 0 unspecified atom stereocenters. The molecule has 0 aromatic rings. The fraction of sp³-hybridized carbons (Fsp3) is 0.812. The van der Waals surface area contributed by atoms with Crippen molar-refractivity contribution in [3.05, 3.63) is 0 Å². The van der Waals surface area contributed by atoms with E-state index in [0.29, 0.717) is 13.0 Å². The Morgan fingerprint density at radius 2 is 1.48 bits per heavy atom. The summed E-state index contributed by atoms with van der Waals surface area (Å²) in [4.78, 5) is 36.9. The van der Waals surface area contributed by atoms with Crippen LogP contribution in [0, 0.1) is 0 Å². The zero-order valence-electron chi connectivity index (χ0n) is 14.3. The average molecular weight is 326 g/mol. The van der Waals surface area contributed by atoms with E-state index in [1.807, 2.05) is 18.7 Å². The van der Waals surface area contributed by atoms with Gasteiger partial charge in [-0.15, -0.1) is 0 Å². The van der Waals surface area contributed by atoms with Gasteiger partial charge in [0.05, 0.1) is 0 Å². The third-order valence-corrected chi connectivity index (χ3v) is 3.67. The second-order valence-corrected chi connectivity index (χ2v) is 6.20. The predicted octanol–water partition coefficient (Wildman–Crippen LogP) is 0.993. The quantitative estimate of drug-likeness (QED) is 0.652. The van der Waals surface area contributed by atoms with Gasteiger partial charge in [0.25, 0.3) is 0 Å². The van der Waals surface area contributed by atoms with Crippen molar-refractivity contribution in [3.63, 3.8) is 0 Å². The Hall–Kier alpha value is -1.79. The van der Waals surface area contributed by atoms with Crippen LogP contribution in [0.5, 0.6) is 0 Å². The first kappa shape index (κ1) is 19.3. The molecule has 0 atom stereocenters. The Labute approximate surface area is 138 Å². The van der Waals surface area contributed by atoms with E-state index in [4.69, 9.17) is 0 Å². The zero-order chi connectivity index (χ0) is 17.1. The highest BCUT2D eigenvalue weighted by molar-refractivity contribution is 5.79. The molecular formula is C16H30N4O3. The van der Waals surface area contributed by atoms with Crippen molar-refractivity contribution in [1.29, 1.82) is 0 Å². The Balaban J connectivity index is 2.09. The normalized spacial score (nSPS) is 15.0. The maximum absolute atomic E-state index is 12.0. The Morgan fingerprint density at radius 1 is 0.913 bits per heavy atom. The molecule has 1 fully saturated rings. The number of amides is 4. The zero-order valence-corrected chi connectivity index (χ0v) is 14.3. The van der Waals surface area contributed by atoms with Gasteiger partial charge in [0, 0.05) is 45.1 Å². The minimum Gasteiger partial charge on any atom is -0.354 e. The smallest absolute Gasteiger partial charge is 0.314 e. The number of hydrogen-bond acceptors (Lipinski definition) is 3. The fourth-order valence-electron chi connectivity index (χ4n) is 2.51. The van der Waals surface area contributed by atoms with E-state index in [1.54, 1.807) is 0 Å². The van der Waals surface area contributed by atoms with Gasteiger partial charge in [-0.05, 0) is 26.7 Å². The highest BCUT2D eigenvalue weighted by atomic mass is 16.2. The molecule has 0 aromatic carbocycles. The summed E-state index contributed by atoms with van der Waals surface area (Å²) in [7, 11) is 0. The van der Waals surface area contributed by atoms with E-state index in [9.17, 15) is 14.4 Å². The van der Waals surface area contributed by atoms with Crippen molar-refractivity contribution >= 4 is 17.8 Å². The number of rotatable bonds is 7. The molecule has 0 spiro atoms. The van der Waals surface area contributed by atoms with Crippen molar-refractivity contribution in [2.45, 2.75) is 58.4 Å². The summed E-state index contributed by atoms with van der Waals surface area (Å²) < 4.78 is 0. The van der Waals surface area contributed by atoms with Crippen molar-refractivity contribution in [1.82, 2.24) is 20.9 Å². The van der Waals surface area contributed by atoms with Gasteiger partial charge in [0.1, 0.15) is 0 Å². The average Bonchev–Trinajstić information content (AvgIpc) is 2.75. The molecule has 1 aliphatic heterocycles. The van der Waals surface area contributed by atoms with Crippen LogP contribution in [0.2, 0.25) is 0 Å². The number of carbonyl (C=O) groups excluding carboxylic acids is 3. The fourth-order valence-corrected chi connectivity index (χ4v) is 2.51. The van der Waals surface area contributed by atoms with E-state index >= 15 is 0 Å². The minimum absolute atomic E-state index is 0.0864. The molecule has 0 bridgehead atoms. The monoisotopic (exact) mass is 326 g/mol. The van der Waals surface area contributed by atoms with Gasteiger partial charge in [-0.2, -0.15) is 0 Å². The van der Waals surface area contributed by atoms with E-state index in [-0.39, 0.29) is 36.9 Å². The summed E-state index contributed by atoms with van der Waals surface area (Å²) in [6.45, 7) is 6.04. The lowest BCUT2D eigenvalue weighted by Gasteiger charge is -2.20. The lowest BCUT2D eigenvalue weighted by molar-refractivity contribution is -0.131. The first-order valence-electron chi connectivity index (χ1n) is 8.58. The largest absolute Gasteiger partial charge is 0.354 e. The molecule has 23 heavy (non-hydrogen) atoms. The Bertz CT molecular complexity index is 391. The standard InChI is InChI=1S/C16H30N4O3/c1-13(2)19-14(21)7-9-17-16(23)18-10-8-15(22)20-11-5-3-4-6-12-20/h13H,3-12H2,1-2H3,(H,19,21)(H2,17,18,23). The molecule has 1 rings (SSSR count). The topological polar surface area (TPSA) is 90.5 Å². The first-order chi connectivity index (χ1) is 11.0. The van der Waals surface area contributed by atoms with Gasteiger partial charge < -0.3 is 20.9 Å². The van der Waals surface area contributed by atoms with E-state index in [2.05, 4.69) is 16.0 Å². The molecule has 0 radical (unpaired) electrons. The van der Waals surface area contributed by atoms with Gasteiger partial charge in [-0.1, -0.05) is 12.8 Å². The molecule has 0 aromatic heterocycles. The molecule has 1 saturated heterocycles. The van der Waals surface area contributed by atoms with Gasteiger partial charge in [0.2, 0.25) is 11.8 Å². The van der Waals surface area contributed by atoms with Crippen LogP contribution >= 0.6 is 0 Å². The summed E-state index contributed by atoms with van der Waals surface area (Å²) in [5.41, 5.74) is 0. The first-order valence-corrected chi connectivity index (χ1v) is 8.58. The maximum Gasteiger partial charge on any atom is 0.314 e. The number of nitrogens with one attached hydrogen (secondary N) is 3. The number of likely N-dealkylation sites (tertiary alicyclic amines) is 1. The third-order valence-electron chi connectivity index (χ3n) is 3.67. The number of carbonyl (C=O) groups is 3. The summed E-state index contributed by atoms with van der Waals surface area (Å²) in [5, 5.41) is 8.02. The molecule has 0 saturated carbocycles. The molecule has 132 valence electrons. The molecule has 3 N–H and O–H groups in total. The lowest BCUT2D eigenvalue weighted by atomic mass is 10.2. The highest BCUT2D eigenvalue weighted by Gasteiger charge is 2.15. The molecular weight excluding hydrogens is 296 g/mol. The van der Waals surface area contributed by atoms with Crippen molar-refractivity contribution < 1.29 is 14.4 Å². The number of nitrogens with zero attached hydrogens (tertiary/aromatic N) is 1. The van der Waals surface area contributed by atoms with Crippen LogP contribution in [0.4, 0.5) is 4.79 Å². The molecule has 0 aliphatic carbocycles. The van der Waals surface area contributed by atoms with Crippen LogP contribution in [0.1, 0.15) is 52.4 Å². The minimum atomic E-state index is -0.342. The van der Waals surface area contributed by atoms with Crippen LogP contribution < -0.4 is 16.0 Å². The lowest BCUT2D eigenvalue weighted by Crippen LogP contribution is -2.40. The molecule has 7 heteroatoms. The number of urea groups is 1. The van der Waals surface area contributed by atoms with E-state index in [0.717, 1.165) is 25.9 Å². The summed E-state index contributed by atoms with van der Waals surface area (Å²) >= 11 is 0. The summed E-state index contributed by atoms with van der Waals surface area (Å²) in [6, 6.07) is -0.243.